The lowest BCUT2D eigenvalue weighted by Crippen LogP contribution is -2.45. The Hall–Kier alpha value is -1.62. The third kappa shape index (κ3) is 4.72. The van der Waals surface area contributed by atoms with E-state index in [0.29, 0.717) is 24.1 Å². The molecule has 0 spiro atoms. The van der Waals surface area contributed by atoms with Crippen LogP contribution >= 0.6 is 0 Å². The lowest BCUT2D eigenvalue weighted by Gasteiger charge is -2.37. The smallest absolute Gasteiger partial charge is 0.259 e. The predicted molar refractivity (Wildman–Crippen MR) is 99.0 cm³/mol. The molecule has 1 atom stereocenters. The van der Waals surface area contributed by atoms with Crippen LogP contribution in [0.1, 0.15) is 62.2 Å². The second-order valence-corrected chi connectivity index (χ2v) is 7.13. The monoisotopic (exact) mass is 345 g/mol. The van der Waals surface area contributed by atoms with Crippen LogP contribution in [0.4, 0.5) is 0 Å². The van der Waals surface area contributed by atoms with Gasteiger partial charge in [-0.1, -0.05) is 6.42 Å². The van der Waals surface area contributed by atoms with E-state index in [9.17, 15) is 4.79 Å². The Morgan fingerprint density at radius 1 is 1.20 bits per heavy atom. The Balaban J connectivity index is 1.66. The molecule has 25 heavy (non-hydrogen) atoms. The Morgan fingerprint density at radius 3 is 2.80 bits per heavy atom. The third-order valence-corrected chi connectivity index (χ3v) is 5.40. The number of piperidine rings is 2. The first kappa shape index (κ1) is 18.2. The van der Waals surface area contributed by atoms with Crippen molar-refractivity contribution in [3.8, 4) is 5.88 Å². The second kappa shape index (κ2) is 9.18. The summed E-state index contributed by atoms with van der Waals surface area (Å²) < 4.78 is 5.57. The normalized spacial score (nSPS) is 22.0. The summed E-state index contributed by atoms with van der Waals surface area (Å²) in [5.41, 5.74) is 0.606. The van der Waals surface area contributed by atoms with E-state index in [0.717, 1.165) is 32.4 Å². The first-order chi connectivity index (χ1) is 12.3. The van der Waals surface area contributed by atoms with Crippen molar-refractivity contribution in [1.29, 1.82) is 0 Å². The molecule has 2 aliphatic heterocycles. The number of pyridine rings is 1. The SMILES string of the molecule is CCOc1ncccc1C(=O)N1CCCCC1CCN1CCCCC1. The van der Waals surface area contributed by atoms with E-state index in [2.05, 4.69) is 14.8 Å². The lowest BCUT2D eigenvalue weighted by atomic mass is 9.97. The molecule has 1 aromatic rings. The van der Waals surface area contributed by atoms with Gasteiger partial charge in [-0.05, 0) is 70.7 Å². The number of aromatic nitrogens is 1. The molecular weight excluding hydrogens is 314 g/mol. The van der Waals surface area contributed by atoms with Crippen LogP contribution in [0.3, 0.4) is 0 Å². The van der Waals surface area contributed by atoms with Crippen LogP contribution in [-0.2, 0) is 0 Å². The van der Waals surface area contributed by atoms with Crippen LogP contribution in [-0.4, -0.2) is 59.5 Å². The molecule has 0 aromatic carbocycles. The minimum Gasteiger partial charge on any atom is -0.477 e. The fourth-order valence-corrected chi connectivity index (χ4v) is 4.04. The first-order valence-corrected chi connectivity index (χ1v) is 9.90. The minimum atomic E-state index is 0.0832. The van der Waals surface area contributed by atoms with Gasteiger partial charge < -0.3 is 14.5 Å². The van der Waals surface area contributed by atoms with Crippen molar-refractivity contribution in [2.75, 3.05) is 32.8 Å². The molecule has 1 aromatic heterocycles. The number of likely N-dealkylation sites (tertiary alicyclic amines) is 2. The van der Waals surface area contributed by atoms with Crippen molar-refractivity contribution in [3.63, 3.8) is 0 Å². The molecule has 0 N–H and O–H groups in total. The molecule has 3 heterocycles. The average Bonchev–Trinajstić information content (AvgIpc) is 2.68. The fourth-order valence-electron chi connectivity index (χ4n) is 4.04. The molecule has 2 saturated heterocycles. The van der Waals surface area contributed by atoms with Crippen molar-refractivity contribution in [3.05, 3.63) is 23.9 Å². The van der Waals surface area contributed by atoms with Gasteiger partial charge in [-0.3, -0.25) is 4.79 Å². The van der Waals surface area contributed by atoms with Gasteiger partial charge in [0.1, 0.15) is 5.56 Å². The number of ether oxygens (including phenoxy) is 1. The largest absolute Gasteiger partial charge is 0.477 e. The summed E-state index contributed by atoms with van der Waals surface area (Å²) in [5.74, 6) is 0.551. The highest BCUT2D eigenvalue weighted by molar-refractivity contribution is 5.96. The summed E-state index contributed by atoms with van der Waals surface area (Å²) in [6.45, 7) is 6.85. The summed E-state index contributed by atoms with van der Waals surface area (Å²) in [5, 5.41) is 0. The number of carbonyl (C=O) groups excluding carboxylic acids is 1. The van der Waals surface area contributed by atoms with E-state index < -0.39 is 0 Å². The van der Waals surface area contributed by atoms with E-state index in [1.807, 2.05) is 19.1 Å². The summed E-state index contributed by atoms with van der Waals surface area (Å²) in [7, 11) is 0. The highest BCUT2D eigenvalue weighted by Crippen LogP contribution is 2.25. The number of hydrogen-bond acceptors (Lipinski definition) is 4. The second-order valence-electron chi connectivity index (χ2n) is 7.13. The van der Waals surface area contributed by atoms with Crippen molar-refractivity contribution >= 4 is 5.91 Å². The Kier molecular flexibility index (Phi) is 6.68. The van der Waals surface area contributed by atoms with Gasteiger partial charge in [0, 0.05) is 25.3 Å². The van der Waals surface area contributed by atoms with Crippen molar-refractivity contribution in [2.45, 2.75) is 57.9 Å². The van der Waals surface area contributed by atoms with Crippen LogP contribution < -0.4 is 4.74 Å². The first-order valence-electron chi connectivity index (χ1n) is 9.90. The van der Waals surface area contributed by atoms with Gasteiger partial charge in [0.15, 0.2) is 0 Å². The zero-order valence-electron chi connectivity index (χ0n) is 15.5. The topological polar surface area (TPSA) is 45.7 Å². The van der Waals surface area contributed by atoms with Crippen molar-refractivity contribution < 1.29 is 9.53 Å². The number of hydrogen-bond donors (Lipinski definition) is 0. The molecule has 2 fully saturated rings. The standard InChI is InChI=1S/C20H31N3O2/c1-2-25-19-18(10-8-12-21-19)20(24)23-15-7-4-9-17(23)11-16-22-13-5-3-6-14-22/h8,10,12,17H,2-7,9,11,13-16H2,1H3. The van der Waals surface area contributed by atoms with Crippen LogP contribution in [0.5, 0.6) is 5.88 Å². The van der Waals surface area contributed by atoms with Gasteiger partial charge in [0.05, 0.1) is 6.61 Å². The fraction of sp³-hybridized carbons (Fsp3) is 0.700. The zero-order chi connectivity index (χ0) is 17.5. The van der Waals surface area contributed by atoms with E-state index in [4.69, 9.17) is 4.74 Å². The molecule has 0 radical (unpaired) electrons. The third-order valence-electron chi connectivity index (χ3n) is 5.40. The Labute approximate surface area is 151 Å². The maximum atomic E-state index is 13.1. The van der Waals surface area contributed by atoms with Crippen LogP contribution in [0.25, 0.3) is 0 Å². The molecule has 1 unspecified atom stereocenters. The minimum absolute atomic E-state index is 0.0832. The molecular formula is C20H31N3O2. The van der Waals surface area contributed by atoms with Gasteiger partial charge in [0.25, 0.3) is 5.91 Å². The maximum absolute atomic E-state index is 13.1. The summed E-state index contributed by atoms with van der Waals surface area (Å²) in [6, 6.07) is 4.01. The molecule has 1 amide bonds. The lowest BCUT2D eigenvalue weighted by molar-refractivity contribution is 0.0574. The Morgan fingerprint density at radius 2 is 2.00 bits per heavy atom. The Bertz CT molecular complexity index is 558. The molecule has 0 aliphatic carbocycles. The number of rotatable bonds is 6. The maximum Gasteiger partial charge on any atom is 0.259 e. The van der Waals surface area contributed by atoms with Gasteiger partial charge in [-0.15, -0.1) is 0 Å². The van der Waals surface area contributed by atoms with Crippen molar-refractivity contribution in [2.24, 2.45) is 0 Å². The van der Waals surface area contributed by atoms with Crippen molar-refractivity contribution in [1.82, 2.24) is 14.8 Å². The summed E-state index contributed by atoms with van der Waals surface area (Å²) in [4.78, 5) is 22.0. The molecule has 2 aliphatic rings. The molecule has 0 saturated carbocycles. The van der Waals surface area contributed by atoms with Gasteiger partial charge in [-0.25, -0.2) is 4.98 Å². The quantitative estimate of drug-likeness (QED) is 0.793. The van der Waals surface area contributed by atoms with Gasteiger partial charge >= 0.3 is 0 Å². The molecule has 5 nitrogen and oxygen atoms in total. The van der Waals surface area contributed by atoms with Crippen LogP contribution in [0, 0.1) is 0 Å². The summed E-state index contributed by atoms with van der Waals surface area (Å²) in [6.07, 6.45) is 10.2. The molecule has 0 bridgehead atoms. The van der Waals surface area contributed by atoms with Crippen LogP contribution in [0.2, 0.25) is 0 Å². The number of nitrogens with zero attached hydrogens (tertiary/aromatic N) is 3. The molecule has 3 rings (SSSR count). The average molecular weight is 345 g/mol. The molecule has 5 heteroatoms. The van der Waals surface area contributed by atoms with E-state index in [-0.39, 0.29) is 5.91 Å². The van der Waals surface area contributed by atoms with E-state index >= 15 is 0 Å². The highest BCUT2D eigenvalue weighted by atomic mass is 16.5. The van der Waals surface area contributed by atoms with E-state index in [1.54, 1.807) is 6.20 Å². The highest BCUT2D eigenvalue weighted by Gasteiger charge is 2.29. The zero-order valence-corrected chi connectivity index (χ0v) is 15.5. The van der Waals surface area contributed by atoms with Crippen LogP contribution in [0.15, 0.2) is 18.3 Å². The predicted octanol–water partition coefficient (Wildman–Crippen LogP) is 3.35. The molecule has 138 valence electrons. The summed E-state index contributed by atoms with van der Waals surface area (Å²) >= 11 is 0. The number of carbonyl (C=O) groups is 1. The van der Waals surface area contributed by atoms with E-state index in [1.165, 1.54) is 38.8 Å². The number of amides is 1. The van der Waals surface area contributed by atoms with Gasteiger partial charge in [0.2, 0.25) is 5.88 Å². The van der Waals surface area contributed by atoms with Gasteiger partial charge in [-0.2, -0.15) is 0 Å².